The van der Waals surface area contributed by atoms with E-state index >= 15 is 0 Å². The van der Waals surface area contributed by atoms with Gasteiger partial charge >= 0.3 is 5.97 Å². The van der Waals surface area contributed by atoms with E-state index in [0.717, 1.165) is 19.3 Å². The number of nitrogens with zero attached hydrogens (tertiary/aromatic N) is 1. The predicted octanol–water partition coefficient (Wildman–Crippen LogP) is -0.397. The molecule has 2 rings (SSSR count). The Bertz CT molecular complexity index is 408. The molecule has 2 atom stereocenters. The lowest BCUT2D eigenvalue weighted by molar-refractivity contribution is -0.145. The highest BCUT2D eigenvalue weighted by Crippen LogP contribution is 2.33. The van der Waals surface area contributed by atoms with Crippen molar-refractivity contribution in [2.45, 2.75) is 37.8 Å². The van der Waals surface area contributed by atoms with Gasteiger partial charge < -0.3 is 20.1 Å². The van der Waals surface area contributed by atoms with Crippen molar-refractivity contribution in [3.05, 3.63) is 0 Å². The Kier molecular flexibility index (Phi) is 4.59. The number of carboxylic acids is 1. The second-order valence-corrected chi connectivity index (χ2v) is 5.32. The van der Waals surface area contributed by atoms with E-state index in [-0.39, 0.29) is 18.4 Å². The van der Waals surface area contributed by atoms with Crippen molar-refractivity contribution in [3.63, 3.8) is 0 Å². The Morgan fingerprint density at radius 2 is 2.05 bits per heavy atom. The molecule has 0 radical (unpaired) electrons. The zero-order valence-electron chi connectivity index (χ0n) is 11.5. The molecule has 0 aromatic rings. The minimum atomic E-state index is -1.14. The summed E-state index contributed by atoms with van der Waals surface area (Å²) in [5.41, 5.74) is 0. The minimum absolute atomic E-state index is 0.0290. The van der Waals surface area contributed by atoms with Crippen molar-refractivity contribution in [2.75, 3.05) is 20.3 Å². The van der Waals surface area contributed by atoms with Crippen LogP contribution >= 0.6 is 0 Å². The molecular weight excluding hydrogens is 264 g/mol. The summed E-state index contributed by atoms with van der Waals surface area (Å²) in [6.45, 7) is 0.486. The third-order valence-electron chi connectivity index (χ3n) is 3.71. The molecule has 1 aliphatic carbocycles. The van der Waals surface area contributed by atoms with Gasteiger partial charge in [0.15, 0.2) is 6.04 Å². The molecule has 2 fully saturated rings. The van der Waals surface area contributed by atoms with Crippen molar-refractivity contribution in [1.82, 2.24) is 10.2 Å². The van der Waals surface area contributed by atoms with Crippen LogP contribution in [0.3, 0.4) is 0 Å². The Morgan fingerprint density at radius 3 is 2.60 bits per heavy atom. The maximum atomic E-state index is 12.2. The molecule has 20 heavy (non-hydrogen) atoms. The van der Waals surface area contributed by atoms with Crippen LogP contribution in [0, 0.1) is 5.92 Å². The van der Waals surface area contributed by atoms with E-state index in [2.05, 4.69) is 5.32 Å². The third kappa shape index (κ3) is 3.27. The fraction of sp³-hybridized carbons (Fsp3) is 0.769. The van der Waals surface area contributed by atoms with Crippen LogP contribution in [0.25, 0.3) is 0 Å². The maximum Gasteiger partial charge on any atom is 0.328 e. The Balaban J connectivity index is 1.96. The average Bonchev–Trinajstić information content (AvgIpc) is 3.14. The van der Waals surface area contributed by atoms with E-state index in [0.29, 0.717) is 13.0 Å². The lowest BCUT2D eigenvalue weighted by Gasteiger charge is -2.25. The summed E-state index contributed by atoms with van der Waals surface area (Å²) in [6, 6.07) is -1.62. The first-order valence-electron chi connectivity index (χ1n) is 6.87. The minimum Gasteiger partial charge on any atom is -0.480 e. The molecular formula is C13H20N2O5. The molecule has 1 heterocycles. The molecule has 1 aliphatic heterocycles. The summed E-state index contributed by atoms with van der Waals surface area (Å²) in [4.78, 5) is 36.8. The van der Waals surface area contributed by atoms with Gasteiger partial charge in [0, 0.05) is 19.6 Å². The second-order valence-electron chi connectivity index (χ2n) is 5.32. The molecule has 7 heteroatoms. The Morgan fingerprint density at radius 1 is 1.35 bits per heavy atom. The first-order valence-corrected chi connectivity index (χ1v) is 6.87. The SMILES string of the molecule is COCC(NC(=O)C1CCCN1C(=O)C1CC1)C(=O)O. The number of methoxy groups -OCH3 is 1. The molecule has 0 aromatic carbocycles. The molecule has 2 unspecified atom stereocenters. The van der Waals surface area contributed by atoms with Crippen LogP contribution in [0.15, 0.2) is 0 Å². The van der Waals surface area contributed by atoms with E-state index in [1.807, 2.05) is 0 Å². The Labute approximate surface area is 117 Å². The summed E-state index contributed by atoms with van der Waals surface area (Å²) in [5, 5.41) is 11.4. The van der Waals surface area contributed by atoms with Gasteiger partial charge in [0.25, 0.3) is 0 Å². The van der Waals surface area contributed by atoms with Gasteiger partial charge in [-0.15, -0.1) is 0 Å². The fourth-order valence-electron chi connectivity index (χ4n) is 2.48. The summed E-state index contributed by atoms with van der Waals surface area (Å²) in [7, 11) is 1.38. The number of hydrogen-bond acceptors (Lipinski definition) is 4. The summed E-state index contributed by atoms with van der Waals surface area (Å²) >= 11 is 0. The number of ether oxygens (including phenoxy) is 1. The van der Waals surface area contributed by atoms with Crippen LogP contribution < -0.4 is 5.32 Å². The number of hydrogen-bond donors (Lipinski definition) is 2. The highest BCUT2D eigenvalue weighted by Gasteiger charge is 2.41. The molecule has 0 aromatic heterocycles. The van der Waals surface area contributed by atoms with Crippen molar-refractivity contribution in [2.24, 2.45) is 5.92 Å². The molecule has 2 N–H and O–H groups in total. The predicted molar refractivity (Wildman–Crippen MR) is 68.9 cm³/mol. The van der Waals surface area contributed by atoms with Gasteiger partial charge in [0.2, 0.25) is 11.8 Å². The summed E-state index contributed by atoms with van der Waals surface area (Å²) in [5.74, 6) is -1.45. The largest absolute Gasteiger partial charge is 0.480 e. The zero-order chi connectivity index (χ0) is 14.7. The van der Waals surface area contributed by atoms with Crippen molar-refractivity contribution in [3.8, 4) is 0 Å². The monoisotopic (exact) mass is 284 g/mol. The van der Waals surface area contributed by atoms with Crippen LogP contribution in [0.2, 0.25) is 0 Å². The standard InChI is InChI=1S/C13H20N2O5/c1-20-7-9(13(18)19)14-11(16)10-3-2-6-15(10)12(17)8-4-5-8/h8-10H,2-7H2,1H3,(H,14,16)(H,18,19). The molecule has 112 valence electrons. The van der Waals surface area contributed by atoms with Crippen LogP contribution in [0.1, 0.15) is 25.7 Å². The first-order chi connectivity index (χ1) is 9.54. The molecule has 1 saturated carbocycles. The number of carbonyl (C=O) groups excluding carboxylic acids is 2. The number of carbonyl (C=O) groups is 3. The van der Waals surface area contributed by atoms with Crippen LogP contribution in [0.4, 0.5) is 0 Å². The van der Waals surface area contributed by atoms with E-state index in [1.54, 1.807) is 4.90 Å². The van der Waals surface area contributed by atoms with Gasteiger partial charge in [-0.1, -0.05) is 0 Å². The number of amides is 2. The quantitative estimate of drug-likeness (QED) is 0.692. The van der Waals surface area contributed by atoms with Crippen molar-refractivity contribution >= 4 is 17.8 Å². The summed E-state index contributed by atoms with van der Waals surface area (Å²) in [6.07, 6.45) is 3.15. The highest BCUT2D eigenvalue weighted by molar-refractivity contribution is 5.92. The maximum absolute atomic E-state index is 12.2. The van der Waals surface area contributed by atoms with Crippen LogP contribution in [-0.2, 0) is 19.1 Å². The van der Waals surface area contributed by atoms with Gasteiger partial charge in [-0.25, -0.2) is 4.79 Å². The molecule has 0 bridgehead atoms. The van der Waals surface area contributed by atoms with E-state index in [9.17, 15) is 14.4 Å². The smallest absolute Gasteiger partial charge is 0.328 e. The van der Waals surface area contributed by atoms with Crippen molar-refractivity contribution < 1.29 is 24.2 Å². The second kappa shape index (κ2) is 6.21. The van der Waals surface area contributed by atoms with Gasteiger partial charge in [0.1, 0.15) is 6.04 Å². The molecule has 2 amide bonds. The number of carboxylic acid groups (broad SMARTS) is 1. The molecule has 7 nitrogen and oxygen atoms in total. The van der Waals surface area contributed by atoms with Gasteiger partial charge in [-0.05, 0) is 25.7 Å². The van der Waals surface area contributed by atoms with Gasteiger partial charge in [-0.3, -0.25) is 9.59 Å². The normalized spacial score (nSPS) is 23.4. The fourth-order valence-corrected chi connectivity index (χ4v) is 2.48. The van der Waals surface area contributed by atoms with Crippen LogP contribution in [0.5, 0.6) is 0 Å². The van der Waals surface area contributed by atoms with Crippen molar-refractivity contribution in [1.29, 1.82) is 0 Å². The van der Waals surface area contributed by atoms with E-state index in [4.69, 9.17) is 9.84 Å². The lowest BCUT2D eigenvalue weighted by atomic mass is 10.1. The van der Waals surface area contributed by atoms with Crippen LogP contribution in [-0.4, -0.2) is 60.1 Å². The zero-order valence-corrected chi connectivity index (χ0v) is 11.5. The highest BCUT2D eigenvalue weighted by atomic mass is 16.5. The average molecular weight is 284 g/mol. The van der Waals surface area contributed by atoms with E-state index < -0.39 is 24.0 Å². The number of nitrogens with one attached hydrogen (secondary N) is 1. The Hall–Kier alpha value is -1.63. The van der Waals surface area contributed by atoms with Gasteiger partial charge in [0.05, 0.1) is 6.61 Å². The number of aliphatic carboxylic acids is 1. The summed E-state index contributed by atoms with van der Waals surface area (Å²) < 4.78 is 4.78. The molecule has 1 saturated heterocycles. The third-order valence-corrected chi connectivity index (χ3v) is 3.71. The molecule has 0 spiro atoms. The number of likely N-dealkylation sites (tertiary alicyclic amines) is 1. The number of rotatable bonds is 6. The lowest BCUT2D eigenvalue weighted by Crippen LogP contribution is -2.52. The molecule has 2 aliphatic rings. The van der Waals surface area contributed by atoms with Gasteiger partial charge in [-0.2, -0.15) is 0 Å². The topological polar surface area (TPSA) is 95.9 Å². The first kappa shape index (κ1) is 14.8. The van der Waals surface area contributed by atoms with E-state index in [1.165, 1.54) is 7.11 Å².